The number of nitrogens with one attached hydrogen (secondary N) is 1. The van der Waals surface area contributed by atoms with E-state index in [1.54, 1.807) is 0 Å². The molecule has 0 aromatic rings. The molecule has 0 bridgehead atoms. The Labute approximate surface area is 69.0 Å². The topological polar surface area (TPSA) is 115 Å². The van der Waals surface area contributed by atoms with Crippen molar-refractivity contribution in [3.8, 4) is 0 Å². The summed E-state index contributed by atoms with van der Waals surface area (Å²) in [7, 11) is -2.97. The maximum absolute atomic E-state index is 10.4. The van der Waals surface area contributed by atoms with Crippen LogP contribution in [-0.2, 0) is 13.9 Å². The molecule has 0 saturated heterocycles. The van der Waals surface area contributed by atoms with Crippen molar-refractivity contribution in [2.45, 2.75) is 6.92 Å². The van der Waals surface area contributed by atoms with Crippen LogP contribution in [0.5, 0.6) is 0 Å². The third kappa shape index (κ3) is 7.99. The van der Waals surface area contributed by atoms with Crippen LogP contribution in [0.15, 0.2) is 0 Å². The molecule has 0 aromatic carbocycles. The van der Waals surface area contributed by atoms with Gasteiger partial charge in [-0.1, -0.05) is 0 Å². The van der Waals surface area contributed by atoms with Crippen molar-refractivity contribution in [3.63, 3.8) is 0 Å². The Kier molecular flexibility index (Phi) is 7.09. The van der Waals surface area contributed by atoms with Crippen LogP contribution in [0, 0.1) is 0 Å². The third-order valence-electron chi connectivity index (χ3n) is 0.542. The Bertz CT molecular complexity index is 175. The fraction of sp³-hybridized carbons (Fsp3) is 0.667. The van der Waals surface area contributed by atoms with Gasteiger partial charge in [0.25, 0.3) is 0 Å². The van der Waals surface area contributed by atoms with Gasteiger partial charge in [-0.05, 0) is 0 Å². The van der Waals surface area contributed by atoms with E-state index in [4.69, 9.17) is 0 Å². The highest BCUT2D eigenvalue weighted by molar-refractivity contribution is 8.14. The first-order chi connectivity index (χ1) is 4.48. The van der Waals surface area contributed by atoms with E-state index in [9.17, 15) is 14.3 Å². The van der Waals surface area contributed by atoms with Crippen LogP contribution in [-0.4, -0.2) is 12.2 Å². The smallest absolute Gasteiger partial charge is 0.214 e. The normalized spacial score (nSPS) is 14.8. The van der Waals surface area contributed by atoms with Gasteiger partial charge < -0.3 is 15.6 Å². The van der Waals surface area contributed by atoms with Gasteiger partial charge in [-0.15, -0.1) is 0 Å². The predicted octanol–water partition coefficient (Wildman–Crippen LogP) is 0.262. The molecule has 0 amide bonds. The van der Waals surface area contributed by atoms with E-state index >= 15 is 0 Å². The van der Waals surface area contributed by atoms with Gasteiger partial charge in [-0.2, -0.15) is 4.49 Å². The first-order valence-corrected chi connectivity index (χ1v) is 4.65. The minimum atomic E-state index is -3.99. The average molecular weight is 202 g/mol. The molecule has 0 fully saturated rings. The van der Waals surface area contributed by atoms with Crippen molar-refractivity contribution in [1.82, 2.24) is 10.6 Å². The summed E-state index contributed by atoms with van der Waals surface area (Å²) in [6.07, 6.45) is 0. The van der Waals surface area contributed by atoms with E-state index in [0.29, 0.717) is 11.9 Å². The van der Waals surface area contributed by atoms with Gasteiger partial charge in [0, 0.05) is 26.0 Å². The molecular weight excluding hydrogens is 191 g/mol. The van der Waals surface area contributed by atoms with Crippen LogP contribution in [0.2, 0.25) is 0 Å². The summed E-state index contributed by atoms with van der Waals surface area (Å²) < 4.78 is 16.3. The predicted molar refractivity (Wildman–Crippen MR) is 42.0 cm³/mol. The van der Waals surface area contributed by atoms with Crippen LogP contribution in [0.4, 0.5) is 0 Å². The fourth-order valence-electron chi connectivity index (χ4n) is 0.157. The van der Waals surface area contributed by atoms with Gasteiger partial charge >= 0.3 is 0 Å². The molecule has 6 nitrogen and oxygen atoms in total. The van der Waals surface area contributed by atoms with E-state index in [-0.39, 0.29) is 11.3 Å². The molecule has 0 radical (unpaired) electrons. The molecule has 8 heteroatoms. The SMILES string of the molecule is COP(=O)([O-])NSC(C)=O.[NH4+]. The fourth-order valence-corrected chi connectivity index (χ4v) is 1.42. The lowest BCUT2D eigenvalue weighted by Crippen LogP contribution is -2.15. The molecule has 5 N–H and O–H groups in total. The van der Waals surface area contributed by atoms with Crippen molar-refractivity contribution >= 4 is 24.8 Å². The minimum Gasteiger partial charge on any atom is -0.766 e. The quantitative estimate of drug-likeness (QED) is 0.501. The molecular formula is C3H11N2O4PS. The van der Waals surface area contributed by atoms with Gasteiger partial charge in [0.05, 0.1) is 0 Å². The molecule has 0 rings (SSSR count). The van der Waals surface area contributed by atoms with Crippen molar-refractivity contribution in [3.05, 3.63) is 0 Å². The monoisotopic (exact) mass is 202 g/mol. The zero-order valence-electron chi connectivity index (χ0n) is 6.49. The Morgan fingerprint density at radius 1 is 1.73 bits per heavy atom. The minimum absolute atomic E-state index is 0. The highest BCUT2D eigenvalue weighted by Gasteiger charge is 2.05. The van der Waals surface area contributed by atoms with Gasteiger partial charge in [0.2, 0.25) is 12.9 Å². The molecule has 68 valence electrons. The second kappa shape index (κ2) is 5.70. The number of carbonyl (C=O) groups excluding carboxylic acids is 1. The summed E-state index contributed by atoms with van der Waals surface area (Å²) in [6.45, 7) is 1.24. The van der Waals surface area contributed by atoms with E-state index < -0.39 is 7.75 Å². The Balaban J connectivity index is 0. The van der Waals surface area contributed by atoms with Crippen molar-refractivity contribution in [2.75, 3.05) is 7.11 Å². The van der Waals surface area contributed by atoms with Crippen molar-refractivity contribution < 1.29 is 18.8 Å². The summed E-state index contributed by atoms with van der Waals surface area (Å²) in [5.41, 5.74) is 0. The molecule has 0 aromatic heterocycles. The number of hydrogen-bond acceptors (Lipinski definition) is 5. The lowest BCUT2D eigenvalue weighted by molar-refractivity contribution is -0.197. The highest BCUT2D eigenvalue weighted by atomic mass is 32.2. The summed E-state index contributed by atoms with van der Waals surface area (Å²) in [6, 6.07) is 0. The molecule has 0 spiro atoms. The van der Waals surface area contributed by atoms with Gasteiger partial charge in [0.15, 0.2) is 0 Å². The standard InChI is InChI=1S/C3H8NO4PS.H3N/c1-3(5)10-4-9(6,7)8-2;/h1-2H3,(H2,4,6,7);1H3. The van der Waals surface area contributed by atoms with Crippen molar-refractivity contribution in [2.24, 2.45) is 0 Å². The molecule has 0 heterocycles. The zero-order valence-corrected chi connectivity index (χ0v) is 8.20. The number of rotatable bonds is 3. The molecule has 1 atom stereocenters. The first kappa shape index (κ1) is 13.7. The van der Waals surface area contributed by atoms with Gasteiger partial charge in [0.1, 0.15) is 0 Å². The van der Waals surface area contributed by atoms with Crippen LogP contribution in [0.3, 0.4) is 0 Å². The highest BCUT2D eigenvalue weighted by Crippen LogP contribution is 2.32. The van der Waals surface area contributed by atoms with E-state index in [2.05, 4.69) is 4.52 Å². The second-order valence-corrected chi connectivity index (χ2v) is 4.23. The third-order valence-corrected chi connectivity index (χ3v) is 2.57. The molecule has 1 unspecified atom stereocenters. The molecule has 0 aliphatic rings. The van der Waals surface area contributed by atoms with Crippen molar-refractivity contribution in [1.29, 1.82) is 0 Å². The lowest BCUT2D eigenvalue weighted by atomic mass is 10.9. The van der Waals surface area contributed by atoms with Gasteiger partial charge in [-0.25, -0.2) is 0 Å². The molecule has 0 aliphatic carbocycles. The summed E-state index contributed by atoms with van der Waals surface area (Å²) >= 11 is 0.473. The zero-order chi connectivity index (χ0) is 8.20. The summed E-state index contributed by atoms with van der Waals surface area (Å²) in [5, 5.41) is -0.340. The van der Waals surface area contributed by atoms with Gasteiger partial charge in [-0.3, -0.25) is 9.36 Å². The van der Waals surface area contributed by atoms with E-state index in [1.807, 2.05) is 4.49 Å². The molecule has 0 aliphatic heterocycles. The lowest BCUT2D eigenvalue weighted by Gasteiger charge is -2.19. The Morgan fingerprint density at radius 3 is 2.45 bits per heavy atom. The Morgan fingerprint density at radius 2 is 2.18 bits per heavy atom. The molecule has 0 saturated carbocycles. The number of hydrogen-bond donors (Lipinski definition) is 2. The van der Waals surface area contributed by atoms with E-state index in [0.717, 1.165) is 7.11 Å². The summed E-state index contributed by atoms with van der Waals surface area (Å²) in [5.74, 6) is 0. The van der Waals surface area contributed by atoms with Crippen LogP contribution in [0.25, 0.3) is 0 Å². The van der Waals surface area contributed by atoms with E-state index in [1.165, 1.54) is 6.92 Å². The summed E-state index contributed by atoms with van der Waals surface area (Å²) in [4.78, 5) is 20.6. The first-order valence-electron chi connectivity index (χ1n) is 2.29. The van der Waals surface area contributed by atoms with Crippen LogP contribution < -0.4 is 15.5 Å². The second-order valence-electron chi connectivity index (χ2n) is 1.36. The number of quaternary nitrogens is 1. The average Bonchev–Trinajstić information content (AvgIpc) is 1.85. The molecule has 11 heavy (non-hydrogen) atoms. The Hall–Kier alpha value is 0.0900. The maximum Gasteiger partial charge on any atom is 0.214 e. The van der Waals surface area contributed by atoms with Crippen LogP contribution in [0.1, 0.15) is 6.92 Å². The maximum atomic E-state index is 10.4. The van der Waals surface area contributed by atoms with Crippen LogP contribution >= 0.6 is 19.7 Å². The number of carbonyl (C=O) groups is 1. The largest absolute Gasteiger partial charge is 0.766 e.